The molecule has 0 radical (unpaired) electrons. The normalized spacial score (nSPS) is 32.7. The van der Waals surface area contributed by atoms with Crippen molar-refractivity contribution in [2.75, 3.05) is 52.8 Å². The summed E-state index contributed by atoms with van der Waals surface area (Å²) in [5, 5.41) is 183. The van der Waals surface area contributed by atoms with Gasteiger partial charge in [0, 0.05) is 44.8 Å². The number of phosphoric ester groups is 1. The number of nitrogens with zero attached hydrogens (tertiary/aromatic N) is 3. The smallest absolute Gasteiger partial charge is 0.470 e. The summed E-state index contributed by atoms with van der Waals surface area (Å²) in [6.07, 6.45) is -48.4. The molecule has 5 aliphatic heterocycles. The van der Waals surface area contributed by atoms with Gasteiger partial charge in [0.2, 0.25) is 23.6 Å². The number of carboxylic acids is 1. The molecule has 6 fully saturated rings. The lowest BCUT2D eigenvalue weighted by Crippen LogP contribution is -2.71. The Morgan fingerprint density at radius 3 is 1.80 bits per heavy atom. The largest absolute Gasteiger partial charge is 0.477 e. The highest BCUT2D eigenvalue weighted by molar-refractivity contribution is 7.46. The van der Waals surface area contributed by atoms with Crippen LogP contribution in [0.25, 0.3) is 0 Å². The third kappa shape index (κ3) is 28.2. The fourth-order valence-electron chi connectivity index (χ4n) is 15.1. The molecule has 1 saturated carbocycles. The summed E-state index contributed by atoms with van der Waals surface area (Å²) in [5.41, 5.74) is -1.70. The van der Waals surface area contributed by atoms with Gasteiger partial charge >= 0.3 is 37.7 Å². The Kier molecular flexibility index (Phi) is 40.3. The Labute approximate surface area is 727 Å². The number of benzene rings is 1. The number of aliphatic hydroxyl groups is 14. The van der Waals surface area contributed by atoms with E-state index in [1.165, 1.54) is 24.7 Å². The van der Waals surface area contributed by atoms with Gasteiger partial charge in [-0.3, -0.25) is 42.9 Å². The highest BCUT2D eigenvalue weighted by atomic mass is 31.2. The van der Waals surface area contributed by atoms with Crippen LogP contribution in [-0.2, 0) is 138 Å². The van der Waals surface area contributed by atoms with Crippen LogP contribution in [0.5, 0.6) is 0 Å². The molecule has 1 aromatic carbocycles. The Morgan fingerprint density at radius 1 is 0.598 bits per heavy atom. The number of aliphatic carboxylic acids is 1. The first kappa shape index (κ1) is 105. The van der Waals surface area contributed by atoms with Crippen molar-refractivity contribution in [3.05, 3.63) is 47.8 Å². The molecule has 15 unspecified atom stereocenters. The third-order valence-corrected chi connectivity index (χ3v) is 22.7. The Balaban J connectivity index is 0.905. The minimum absolute atomic E-state index is 0.0459. The molecule has 127 heavy (non-hydrogen) atoms. The van der Waals surface area contributed by atoms with Gasteiger partial charge in [0.15, 0.2) is 36.9 Å². The zero-order valence-electron chi connectivity index (χ0n) is 70.6. The van der Waals surface area contributed by atoms with E-state index in [0.717, 1.165) is 0 Å². The van der Waals surface area contributed by atoms with Crippen LogP contribution in [0.4, 0.5) is 0 Å². The average Bonchev–Trinajstić information content (AvgIpc) is 1.50. The molecule has 50 heteroatoms. The first-order valence-electron chi connectivity index (χ1n) is 41.9. The van der Waals surface area contributed by atoms with Crippen molar-refractivity contribution in [3.63, 3.8) is 0 Å². The van der Waals surface area contributed by atoms with Crippen LogP contribution < -0.4 is 21.3 Å². The van der Waals surface area contributed by atoms with Crippen LogP contribution in [-0.4, -0.2) is 391 Å². The average molecular weight is 1850 g/mol. The number of nitrogens with one attached hydrogen (secondary N) is 4. The number of aromatic nitrogens is 3. The van der Waals surface area contributed by atoms with Crippen molar-refractivity contribution in [1.29, 1.82) is 0 Å². The van der Waals surface area contributed by atoms with Gasteiger partial charge in [-0.25, -0.2) is 14.0 Å². The van der Waals surface area contributed by atoms with E-state index in [2.05, 4.69) is 31.6 Å². The van der Waals surface area contributed by atoms with Gasteiger partial charge in [-0.15, -0.1) is 5.10 Å². The number of carboxylic acid groups (broad SMARTS) is 1. The van der Waals surface area contributed by atoms with E-state index in [9.17, 15) is 134 Å². The molecule has 31 atom stereocenters. The van der Waals surface area contributed by atoms with E-state index in [4.69, 9.17) is 70.8 Å². The van der Waals surface area contributed by atoms with E-state index < -0.39 is 322 Å². The molecule has 0 spiro atoms. The summed E-state index contributed by atoms with van der Waals surface area (Å²) in [5.74, 6) is -13.5. The van der Waals surface area contributed by atoms with Crippen LogP contribution >= 0.6 is 7.82 Å². The maximum absolute atomic E-state index is 14.1. The Hall–Kier alpha value is -7.26. The number of rotatable bonds is 50. The van der Waals surface area contributed by atoms with Crippen molar-refractivity contribution in [2.45, 2.75) is 321 Å². The van der Waals surface area contributed by atoms with Crippen molar-refractivity contribution < 1.29 is 205 Å². The fraction of sp³-hybridized carbons (Fsp3) is 0.779. The maximum atomic E-state index is 14.1. The number of hydrogen-bond donors (Lipinski definition) is 21. The summed E-state index contributed by atoms with van der Waals surface area (Å²) in [6.45, 7) is 2.84. The zero-order chi connectivity index (χ0) is 93.5. The first-order valence-corrected chi connectivity index (χ1v) is 43.4. The number of phosphoric acid groups is 1. The van der Waals surface area contributed by atoms with Gasteiger partial charge in [-0.1, -0.05) is 77.1 Å². The number of hydrogen-bond acceptors (Lipinski definition) is 41. The number of esters is 4. The van der Waals surface area contributed by atoms with E-state index >= 15 is 0 Å². The minimum Gasteiger partial charge on any atom is -0.477 e. The van der Waals surface area contributed by atoms with Crippen molar-refractivity contribution >= 4 is 61.3 Å². The van der Waals surface area contributed by atoms with Gasteiger partial charge in [0.1, 0.15) is 110 Å². The Morgan fingerprint density at radius 2 is 1.19 bits per heavy atom. The highest BCUT2D eigenvalue weighted by Gasteiger charge is 2.81. The van der Waals surface area contributed by atoms with Crippen LogP contribution in [0.2, 0.25) is 0 Å². The topological polar surface area (TPSA) is 732 Å². The molecule has 5 saturated heterocycles. The van der Waals surface area contributed by atoms with Crippen molar-refractivity contribution in [1.82, 2.24) is 36.3 Å². The summed E-state index contributed by atoms with van der Waals surface area (Å²) in [7, 11) is -5.67. The van der Waals surface area contributed by atoms with Crippen LogP contribution in [0, 0.1) is 5.92 Å². The molecule has 8 rings (SSSR count). The standard InChI is InChI=1S/C77H120N7O42P/c1-7-38(89)25-50(95)81-59-67(121-54(99)26-39(90)8-2)62(103)46(35-114-71-58(80-51(96)27-40(9-3)115-52(97)11-5)56-70(77(56,47(34-88)120-71)126-127(109,110)111)122-55(100)28-41(10-4)116-53(98)12-6)119-72(59)112-22-20-78-48(93)19-18-37-30-84(83-82-37)21-23-113-73-64(105)63(104)66(45(33-87)118-73)123-74-65(106)69(61(102)44(32-86)117-74)125-76(75(107)108)29-42(91)57(68(124-76)60(101)43(92)31-85)79-49(94)24-36-16-14-13-15-17-36/h13-17,30,38-47,56-74,85-92,101-106H,7-12,18-29,31-35H2,1-6H3,(H,78,93)(H,79,94)(H,80,96)(H,81,95)(H,107,108)(H2,109,110,111)/t38-,39-,40-,41-,42?,43-,44?,45?,46?,47?,56+,57-,58?,59?,60-,61?,62-,63?,64?,65?,66-,67?,68?,69?,70?,71-,72+,73-,74+,76+,77-/m1/s1. The van der Waals surface area contributed by atoms with E-state index in [0.29, 0.717) is 5.56 Å². The molecule has 21 N–H and O–H groups in total. The molecule has 6 aliphatic rings. The molecule has 49 nitrogen and oxygen atoms in total. The van der Waals surface area contributed by atoms with Crippen LogP contribution in [0.15, 0.2) is 36.5 Å². The minimum atomic E-state index is -5.67. The summed E-state index contributed by atoms with van der Waals surface area (Å²) < 4.78 is 101. The van der Waals surface area contributed by atoms with Gasteiger partial charge in [0.05, 0.1) is 127 Å². The summed E-state index contributed by atoms with van der Waals surface area (Å²) >= 11 is 0. The molecular formula is C77H120N7O42P. The quantitative estimate of drug-likeness (QED) is 0.0127. The fourth-order valence-corrected chi connectivity index (χ4v) is 15.9. The third-order valence-electron chi connectivity index (χ3n) is 22.2. The molecule has 4 amide bonds. The second-order valence-corrected chi connectivity index (χ2v) is 32.5. The lowest BCUT2D eigenvalue weighted by molar-refractivity contribution is -0.386. The lowest BCUT2D eigenvalue weighted by atomic mass is 9.88. The number of fused-ring (bicyclic) bond motifs is 1. The molecule has 2 aromatic rings. The van der Waals surface area contributed by atoms with E-state index in [1.54, 1.807) is 58.0 Å². The van der Waals surface area contributed by atoms with Crippen LogP contribution in [0.3, 0.4) is 0 Å². The van der Waals surface area contributed by atoms with Crippen molar-refractivity contribution in [3.8, 4) is 0 Å². The zero-order valence-corrected chi connectivity index (χ0v) is 71.5. The molecule has 1 aliphatic carbocycles. The lowest BCUT2D eigenvalue weighted by Gasteiger charge is -2.50. The van der Waals surface area contributed by atoms with E-state index in [1.807, 2.05) is 0 Å². The van der Waals surface area contributed by atoms with E-state index in [-0.39, 0.29) is 83.2 Å². The summed E-state index contributed by atoms with van der Waals surface area (Å²) in [6, 6.07) is 3.11. The highest BCUT2D eigenvalue weighted by Crippen LogP contribution is 2.64. The number of amides is 4. The van der Waals surface area contributed by atoms with Gasteiger partial charge in [-0.05, 0) is 31.2 Å². The van der Waals surface area contributed by atoms with Crippen molar-refractivity contribution in [2.24, 2.45) is 5.92 Å². The molecule has 720 valence electrons. The monoisotopic (exact) mass is 1850 g/mol. The second kappa shape index (κ2) is 48.8. The molecule has 6 heterocycles. The maximum Gasteiger partial charge on any atom is 0.470 e. The number of ether oxygens (including phenoxy) is 14. The number of aryl methyl sites for hydroxylation is 1. The predicted octanol–water partition coefficient (Wildman–Crippen LogP) is -7.96. The number of carbonyl (C=O) groups excluding carboxylic acids is 8. The number of carbonyl (C=O) groups is 9. The van der Waals surface area contributed by atoms with Gasteiger partial charge < -0.3 is 174 Å². The molecule has 0 bridgehead atoms. The Bertz CT molecular complexity index is 3920. The molecule has 1 aromatic heterocycles. The first-order chi connectivity index (χ1) is 60.3. The second-order valence-electron chi connectivity index (χ2n) is 31.3. The number of aliphatic hydroxyl groups excluding tert-OH is 14. The predicted molar refractivity (Wildman–Crippen MR) is 417 cm³/mol. The molecular weight excluding hydrogens is 1730 g/mol. The van der Waals surface area contributed by atoms with Crippen LogP contribution in [0.1, 0.15) is 130 Å². The van der Waals surface area contributed by atoms with Gasteiger partial charge in [0.25, 0.3) is 5.79 Å². The summed E-state index contributed by atoms with van der Waals surface area (Å²) in [4.78, 5) is 140. The SMILES string of the molecule is CCC(=O)O[C@H](CC)CC(=O)NC1[C@H](OCC2O[C@H](OCCNC(=O)CCc3cn(CCO[C@@H]4OC(CO)[C@@H](O[C@@H]5OC(CO)C(O)C(O[C@]6(C(=O)O)CC(O)[C@@H](NC(=O)Cc7ccccc7)C([C@H](O)[C@H](O)CO)O6)C5O)C(O)C4O)nn3)C(NC(=O)C[C@H](O)CC)C(OC(=O)C[C@H](O)CC)[C@@H]2O)OC(CO)[C@]2(OP(=O)(O)O)C(OC(=O)C[C@@H](CC)OC(=O)CC)[C@H]12. The van der Waals surface area contributed by atoms with Gasteiger partial charge in [-0.2, -0.15) is 0 Å².